The molecule has 1 fully saturated rings. The second-order valence-corrected chi connectivity index (χ2v) is 12.0. The Morgan fingerprint density at radius 3 is 2.52 bits per heavy atom. The van der Waals surface area contributed by atoms with E-state index in [0.29, 0.717) is 22.5 Å². The Bertz CT molecular complexity index is 1810. The zero-order valence-electron chi connectivity index (χ0n) is 21.8. The van der Waals surface area contributed by atoms with E-state index in [0.717, 1.165) is 22.5 Å². The van der Waals surface area contributed by atoms with E-state index in [1.807, 2.05) is 6.08 Å². The molecule has 1 unspecified atom stereocenters. The van der Waals surface area contributed by atoms with Crippen molar-refractivity contribution in [1.82, 2.24) is 19.1 Å². The summed E-state index contributed by atoms with van der Waals surface area (Å²) in [5, 5.41) is 4.46. The number of pyridine rings is 1. The van der Waals surface area contributed by atoms with E-state index in [4.69, 9.17) is 0 Å². The molecule has 0 radical (unpaired) electrons. The van der Waals surface area contributed by atoms with E-state index in [2.05, 4.69) is 14.8 Å². The van der Waals surface area contributed by atoms with E-state index < -0.39 is 38.3 Å². The van der Waals surface area contributed by atoms with Crippen LogP contribution in [0.2, 0.25) is 0 Å². The van der Waals surface area contributed by atoms with Crippen LogP contribution in [0.3, 0.4) is 0 Å². The van der Waals surface area contributed by atoms with Gasteiger partial charge in [0.15, 0.2) is 5.78 Å². The van der Waals surface area contributed by atoms with Crippen molar-refractivity contribution in [3.05, 3.63) is 107 Å². The molecule has 4 aromatic rings. The van der Waals surface area contributed by atoms with Crippen LogP contribution in [0.25, 0.3) is 11.8 Å². The van der Waals surface area contributed by atoms with Crippen LogP contribution in [0.5, 0.6) is 5.75 Å². The smallest absolute Gasteiger partial charge is 0.406 e. The molecule has 2 aliphatic rings. The van der Waals surface area contributed by atoms with Gasteiger partial charge in [0.1, 0.15) is 17.3 Å². The van der Waals surface area contributed by atoms with Crippen LogP contribution in [0.4, 0.5) is 17.6 Å². The summed E-state index contributed by atoms with van der Waals surface area (Å²) >= 11 is 0. The number of ketones is 1. The molecule has 42 heavy (non-hydrogen) atoms. The fraction of sp³-hybridized carbons (Fsp3) is 0.207. The molecule has 0 bridgehead atoms. The number of carbonyl (C=O) groups is 1. The number of rotatable bonds is 6. The molecule has 0 N–H and O–H groups in total. The highest BCUT2D eigenvalue weighted by atomic mass is 32.2. The molecular weight excluding hydrogens is 576 g/mol. The van der Waals surface area contributed by atoms with Crippen molar-refractivity contribution in [3.63, 3.8) is 0 Å². The van der Waals surface area contributed by atoms with Gasteiger partial charge in [-0.2, -0.15) is 9.40 Å². The quantitative estimate of drug-likeness (QED) is 0.224. The van der Waals surface area contributed by atoms with Crippen LogP contribution < -0.4 is 4.74 Å². The molecule has 1 aliphatic carbocycles. The van der Waals surface area contributed by atoms with E-state index in [1.165, 1.54) is 24.4 Å². The molecule has 0 saturated carbocycles. The Morgan fingerprint density at radius 1 is 1.02 bits per heavy atom. The number of nitrogens with zero attached hydrogens (tertiary/aromatic N) is 4. The Kier molecular flexibility index (Phi) is 6.73. The first-order chi connectivity index (χ1) is 20.0. The summed E-state index contributed by atoms with van der Waals surface area (Å²) in [5.74, 6) is -1.46. The second-order valence-electron chi connectivity index (χ2n) is 10.0. The van der Waals surface area contributed by atoms with Crippen LogP contribution in [0.15, 0.2) is 89.6 Å². The molecule has 0 spiro atoms. The Labute approximate surface area is 237 Å². The number of Topliss-reactive ketones (excluding diaryl/α,β-unsaturated/α-hetero) is 1. The lowest BCUT2D eigenvalue weighted by atomic mass is 9.65. The van der Waals surface area contributed by atoms with E-state index in [1.54, 1.807) is 41.2 Å². The normalized spacial score (nSPS) is 19.0. The van der Waals surface area contributed by atoms with Crippen molar-refractivity contribution in [2.24, 2.45) is 5.41 Å². The van der Waals surface area contributed by atoms with Gasteiger partial charge >= 0.3 is 6.36 Å². The molecule has 8 nitrogen and oxygen atoms in total. The second kappa shape index (κ2) is 10.2. The molecule has 13 heteroatoms. The lowest BCUT2D eigenvalue weighted by molar-refractivity contribution is -0.274. The minimum Gasteiger partial charge on any atom is -0.406 e. The number of carbonyl (C=O) groups excluding carboxylic acids is 1. The molecule has 2 aromatic carbocycles. The minimum absolute atomic E-state index is 0.0181. The van der Waals surface area contributed by atoms with Crippen LogP contribution in [-0.2, 0) is 16.4 Å². The average molecular weight is 599 g/mol. The molecule has 1 aliphatic heterocycles. The lowest BCUT2D eigenvalue weighted by Gasteiger charge is -2.44. The number of sulfonamides is 1. The first kappa shape index (κ1) is 27.8. The zero-order chi connectivity index (χ0) is 29.7. The summed E-state index contributed by atoms with van der Waals surface area (Å²) in [4.78, 5) is 18.0. The number of benzene rings is 2. The van der Waals surface area contributed by atoms with Gasteiger partial charge < -0.3 is 4.74 Å². The van der Waals surface area contributed by atoms with Crippen LogP contribution in [0, 0.1) is 11.2 Å². The van der Waals surface area contributed by atoms with E-state index >= 15 is 0 Å². The van der Waals surface area contributed by atoms with Gasteiger partial charge in [-0.25, -0.2) is 17.5 Å². The van der Waals surface area contributed by atoms with Gasteiger partial charge in [-0.1, -0.05) is 17.7 Å². The minimum atomic E-state index is -5.00. The number of fused-ring (bicyclic) bond motifs is 2. The van der Waals surface area contributed by atoms with Crippen molar-refractivity contribution in [3.8, 4) is 11.4 Å². The maximum Gasteiger partial charge on any atom is 0.573 e. The third kappa shape index (κ3) is 4.98. The van der Waals surface area contributed by atoms with Crippen LogP contribution in [-0.4, -0.2) is 52.7 Å². The number of aromatic nitrogens is 3. The zero-order valence-corrected chi connectivity index (χ0v) is 22.6. The molecule has 1 saturated heterocycles. The monoisotopic (exact) mass is 598 g/mol. The van der Waals surface area contributed by atoms with Crippen molar-refractivity contribution < 1.29 is 35.5 Å². The van der Waals surface area contributed by atoms with Crippen molar-refractivity contribution >= 4 is 21.9 Å². The Morgan fingerprint density at radius 2 is 1.81 bits per heavy atom. The molecular formula is C29H22F4N4O4S. The summed E-state index contributed by atoms with van der Waals surface area (Å²) in [5.41, 5.74) is 1.46. The number of hydrogen-bond donors (Lipinski definition) is 0. The van der Waals surface area contributed by atoms with Crippen LogP contribution >= 0.6 is 0 Å². The van der Waals surface area contributed by atoms with Crippen LogP contribution in [0.1, 0.15) is 28.2 Å². The average Bonchev–Trinajstić information content (AvgIpc) is 3.37. The summed E-state index contributed by atoms with van der Waals surface area (Å²) in [6.07, 6.45) is 0.156. The summed E-state index contributed by atoms with van der Waals surface area (Å²) < 4.78 is 86.1. The van der Waals surface area contributed by atoms with Gasteiger partial charge in [0.05, 0.1) is 27.9 Å². The highest BCUT2D eigenvalue weighted by molar-refractivity contribution is 7.89. The highest BCUT2D eigenvalue weighted by Crippen LogP contribution is 2.47. The fourth-order valence-corrected chi connectivity index (χ4v) is 7.07. The van der Waals surface area contributed by atoms with Crippen molar-refractivity contribution in [2.75, 3.05) is 13.1 Å². The standard InChI is InChI=1S/C29H22F4N4O4S/c30-21-7-9-22(10-8-21)37-26-14-20-11-13-36(42(39,40)24-5-3-4-23(15-24)41-29(31,32)33)18-28(20,16-19(26)17-35-37)27(38)25-6-1-2-12-34-25/h1-10,12,14-15,17H,11,13,16,18H2. The van der Waals surface area contributed by atoms with E-state index in [9.17, 15) is 30.8 Å². The molecule has 6 rings (SSSR count). The molecule has 1 atom stereocenters. The fourth-order valence-electron chi connectivity index (χ4n) is 5.53. The molecule has 3 heterocycles. The van der Waals surface area contributed by atoms with Gasteiger partial charge in [-0.15, -0.1) is 13.2 Å². The number of halogens is 4. The summed E-state index contributed by atoms with van der Waals surface area (Å²) in [6.45, 7) is -0.280. The first-order valence-corrected chi connectivity index (χ1v) is 14.3. The van der Waals surface area contributed by atoms with Crippen molar-refractivity contribution in [1.29, 1.82) is 0 Å². The third-order valence-electron chi connectivity index (χ3n) is 7.46. The van der Waals surface area contributed by atoms with Crippen molar-refractivity contribution in [2.45, 2.75) is 24.1 Å². The topological polar surface area (TPSA) is 94.4 Å². The number of alkyl halides is 3. The maximum absolute atomic E-state index is 14.2. The predicted octanol–water partition coefficient (Wildman–Crippen LogP) is 5.21. The highest BCUT2D eigenvalue weighted by Gasteiger charge is 2.51. The molecule has 0 amide bonds. The Balaban J connectivity index is 1.41. The molecule has 216 valence electrons. The van der Waals surface area contributed by atoms with E-state index in [-0.39, 0.29) is 37.4 Å². The van der Waals surface area contributed by atoms with Gasteiger partial charge in [-0.3, -0.25) is 9.78 Å². The lowest BCUT2D eigenvalue weighted by Crippen LogP contribution is -2.53. The summed E-state index contributed by atoms with van der Waals surface area (Å²) in [7, 11) is -4.33. The predicted molar refractivity (Wildman–Crippen MR) is 143 cm³/mol. The third-order valence-corrected chi connectivity index (χ3v) is 9.30. The Hall–Kier alpha value is -4.36. The number of ether oxygens (including phenoxy) is 1. The van der Waals surface area contributed by atoms with Gasteiger partial charge in [-0.05, 0) is 73.0 Å². The maximum atomic E-state index is 14.2. The SMILES string of the molecule is O=C(c1ccccn1)C12Cc3cnn(-c4ccc(F)cc4)c3C=C1CCN(S(=O)(=O)c1cccc(OC(F)(F)F)c1)C2. The van der Waals surface area contributed by atoms with Gasteiger partial charge in [0.25, 0.3) is 0 Å². The number of piperidine rings is 1. The molecule has 2 aromatic heterocycles. The van der Waals surface area contributed by atoms with Gasteiger partial charge in [0, 0.05) is 25.4 Å². The van der Waals surface area contributed by atoms with Gasteiger partial charge in [0.2, 0.25) is 10.0 Å². The first-order valence-electron chi connectivity index (χ1n) is 12.8. The number of hydrogen-bond acceptors (Lipinski definition) is 6. The summed E-state index contributed by atoms with van der Waals surface area (Å²) in [6, 6.07) is 14.8. The largest absolute Gasteiger partial charge is 0.573 e.